The lowest BCUT2D eigenvalue weighted by atomic mass is 10.2. The molecule has 0 atom stereocenters. The second kappa shape index (κ2) is 7.16. The molecule has 0 saturated heterocycles. The number of anilines is 1. The predicted molar refractivity (Wildman–Crippen MR) is 91.3 cm³/mol. The van der Waals surface area contributed by atoms with Gasteiger partial charge in [0.25, 0.3) is 5.91 Å². The van der Waals surface area contributed by atoms with Gasteiger partial charge in [-0.25, -0.2) is 9.97 Å². The van der Waals surface area contributed by atoms with Gasteiger partial charge in [0, 0.05) is 19.3 Å². The van der Waals surface area contributed by atoms with Crippen molar-refractivity contribution in [3.63, 3.8) is 0 Å². The monoisotopic (exact) mass is 382 g/mol. The molecule has 3 N–H and O–H groups in total. The molecule has 1 amide bonds. The number of alkyl halides is 3. The van der Waals surface area contributed by atoms with E-state index in [4.69, 9.17) is 0 Å². The highest BCUT2D eigenvalue weighted by molar-refractivity contribution is 7.22. The number of aromatic hydroxyl groups is 1. The van der Waals surface area contributed by atoms with E-state index in [0.29, 0.717) is 16.4 Å². The van der Waals surface area contributed by atoms with Crippen molar-refractivity contribution in [1.82, 2.24) is 15.3 Å². The Morgan fingerprint density at radius 2 is 2.04 bits per heavy atom. The van der Waals surface area contributed by atoms with Crippen LogP contribution in [0.5, 0.6) is 5.75 Å². The molecular weight excluding hydrogens is 369 g/mol. The minimum absolute atomic E-state index is 0.0767. The van der Waals surface area contributed by atoms with Crippen LogP contribution in [-0.4, -0.2) is 34.1 Å². The third-order valence-corrected chi connectivity index (χ3v) is 4.40. The van der Waals surface area contributed by atoms with Crippen molar-refractivity contribution >= 4 is 32.6 Å². The van der Waals surface area contributed by atoms with Crippen LogP contribution in [0.2, 0.25) is 0 Å². The molecule has 3 aromatic rings. The maximum absolute atomic E-state index is 12.7. The molecule has 0 aliphatic rings. The number of benzene rings is 1. The standard InChI is InChI=1S/C16H13F3N4O2S/c17-16(18,19)9-3-4-12-10(8-9)23-15(26-12)22-7-6-21-14(25)13-11(24)2-1-5-20-13/h1-5,8,24H,6-7H2,(H,21,25)(H,22,23). The van der Waals surface area contributed by atoms with Gasteiger partial charge in [0.05, 0.1) is 15.8 Å². The summed E-state index contributed by atoms with van der Waals surface area (Å²) in [7, 11) is 0. The number of carbonyl (C=O) groups excluding carboxylic acids is 1. The van der Waals surface area contributed by atoms with Gasteiger partial charge in [0.15, 0.2) is 10.8 Å². The van der Waals surface area contributed by atoms with Crippen LogP contribution in [0, 0.1) is 0 Å². The highest BCUT2D eigenvalue weighted by Gasteiger charge is 2.30. The molecule has 26 heavy (non-hydrogen) atoms. The second-order valence-electron chi connectivity index (χ2n) is 5.25. The minimum atomic E-state index is -4.41. The normalized spacial score (nSPS) is 11.5. The first-order valence-electron chi connectivity index (χ1n) is 7.48. The number of rotatable bonds is 5. The van der Waals surface area contributed by atoms with Crippen molar-refractivity contribution < 1.29 is 23.1 Å². The first-order chi connectivity index (χ1) is 12.3. The molecule has 3 rings (SSSR count). The number of amides is 1. The van der Waals surface area contributed by atoms with E-state index in [1.54, 1.807) is 0 Å². The van der Waals surface area contributed by atoms with Crippen molar-refractivity contribution in [3.8, 4) is 5.75 Å². The lowest BCUT2D eigenvalue weighted by molar-refractivity contribution is -0.137. The van der Waals surface area contributed by atoms with Crippen molar-refractivity contribution in [1.29, 1.82) is 0 Å². The predicted octanol–water partition coefficient (Wildman–Crippen LogP) is 3.26. The number of nitrogens with one attached hydrogen (secondary N) is 2. The van der Waals surface area contributed by atoms with E-state index in [9.17, 15) is 23.1 Å². The molecule has 0 aliphatic heterocycles. The van der Waals surface area contributed by atoms with Crippen molar-refractivity contribution in [2.24, 2.45) is 0 Å². The first-order valence-corrected chi connectivity index (χ1v) is 8.30. The summed E-state index contributed by atoms with van der Waals surface area (Å²) in [4.78, 5) is 19.8. The van der Waals surface area contributed by atoms with Crippen LogP contribution in [0.15, 0.2) is 36.5 Å². The van der Waals surface area contributed by atoms with E-state index in [0.717, 1.165) is 12.1 Å². The number of fused-ring (bicyclic) bond motifs is 1. The van der Waals surface area contributed by atoms with Gasteiger partial charge < -0.3 is 15.7 Å². The molecular formula is C16H13F3N4O2S. The lowest BCUT2D eigenvalue weighted by Gasteiger charge is -2.06. The fraction of sp³-hybridized carbons (Fsp3) is 0.188. The number of hydrogen-bond acceptors (Lipinski definition) is 6. The Kier molecular flexibility index (Phi) is 4.94. The average Bonchev–Trinajstić information content (AvgIpc) is 3.00. The summed E-state index contributed by atoms with van der Waals surface area (Å²) in [5.41, 5.74) is -0.564. The van der Waals surface area contributed by atoms with E-state index in [2.05, 4.69) is 20.6 Å². The molecule has 10 heteroatoms. The maximum Gasteiger partial charge on any atom is 0.416 e. The molecule has 6 nitrogen and oxygen atoms in total. The Morgan fingerprint density at radius 3 is 2.77 bits per heavy atom. The van der Waals surface area contributed by atoms with Gasteiger partial charge in [0.2, 0.25) is 0 Å². The third kappa shape index (κ3) is 4.02. The largest absolute Gasteiger partial charge is 0.505 e. The van der Waals surface area contributed by atoms with Crippen LogP contribution < -0.4 is 10.6 Å². The first kappa shape index (κ1) is 17.9. The van der Waals surface area contributed by atoms with E-state index >= 15 is 0 Å². The van der Waals surface area contributed by atoms with Crippen LogP contribution in [0.25, 0.3) is 10.2 Å². The van der Waals surface area contributed by atoms with Gasteiger partial charge in [-0.2, -0.15) is 13.2 Å². The molecule has 0 saturated carbocycles. The summed E-state index contributed by atoms with van der Waals surface area (Å²) in [6.45, 7) is 0.532. The zero-order chi connectivity index (χ0) is 18.7. The molecule has 0 aliphatic carbocycles. The SMILES string of the molecule is O=C(NCCNc1nc2cc(C(F)(F)F)ccc2s1)c1ncccc1O. The van der Waals surface area contributed by atoms with Gasteiger partial charge in [-0.05, 0) is 30.3 Å². The van der Waals surface area contributed by atoms with Crippen molar-refractivity contribution in [2.45, 2.75) is 6.18 Å². The molecule has 2 heterocycles. The van der Waals surface area contributed by atoms with Crippen molar-refractivity contribution in [3.05, 3.63) is 47.8 Å². The molecule has 0 spiro atoms. The smallest absolute Gasteiger partial charge is 0.416 e. The fourth-order valence-electron chi connectivity index (χ4n) is 2.18. The summed E-state index contributed by atoms with van der Waals surface area (Å²) in [6, 6.07) is 6.26. The summed E-state index contributed by atoms with van der Waals surface area (Å²) < 4.78 is 38.8. The average molecular weight is 382 g/mol. The quantitative estimate of drug-likeness (QED) is 0.590. The van der Waals surface area contributed by atoms with E-state index < -0.39 is 17.6 Å². The van der Waals surface area contributed by atoms with Gasteiger partial charge in [-0.15, -0.1) is 0 Å². The van der Waals surface area contributed by atoms with Crippen molar-refractivity contribution in [2.75, 3.05) is 18.4 Å². The van der Waals surface area contributed by atoms with Crippen LogP contribution in [0.3, 0.4) is 0 Å². The third-order valence-electron chi connectivity index (χ3n) is 3.40. The molecule has 0 radical (unpaired) electrons. The Labute approximate surface area is 149 Å². The topological polar surface area (TPSA) is 87.1 Å². The minimum Gasteiger partial charge on any atom is -0.505 e. The van der Waals surface area contributed by atoms with Gasteiger partial charge in [-0.1, -0.05) is 11.3 Å². The van der Waals surface area contributed by atoms with Crippen LogP contribution in [0.1, 0.15) is 16.1 Å². The molecule has 0 unspecified atom stereocenters. The Balaban J connectivity index is 1.57. The zero-order valence-corrected chi connectivity index (χ0v) is 14.0. The maximum atomic E-state index is 12.7. The number of hydrogen-bond donors (Lipinski definition) is 3. The summed E-state index contributed by atoms with van der Waals surface area (Å²) >= 11 is 1.22. The molecule has 0 fully saturated rings. The van der Waals surface area contributed by atoms with E-state index in [1.165, 1.54) is 35.7 Å². The summed E-state index contributed by atoms with van der Waals surface area (Å²) in [6.07, 6.45) is -3.02. The number of aromatic nitrogens is 2. The van der Waals surface area contributed by atoms with Gasteiger partial charge >= 0.3 is 6.18 Å². The Bertz CT molecular complexity index is 943. The number of pyridine rings is 1. The Morgan fingerprint density at radius 1 is 1.23 bits per heavy atom. The highest BCUT2D eigenvalue weighted by atomic mass is 32.1. The van der Waals surface area contributed by atoms with Gasteiger partial charge in [0.1, 0.15) is 5.75 Å². The Hall–Kier alpha value is -2.88. The zero-order valence-electron chi connectivity index (χ0n) is 13.2. The van der Waals surface area contributed by atoms with Gasteiger partial charge in [-0.3, -0.25) is 4.79 Å². The molecule has 2 aromatic heterocycles. The summed E-state index contributed by atoms with van der Waals surface area (Å²) in [5.74, 6) is -0.742. The number of nitrogens with zero attached hydrogens (tertiary/aromatic N) is 2. The molecule has 0 bridgehead atoms. The summed E-state index contributed by atoms with van der Waals surface area (Å²) in [5, 5.41) is 15.5. The number of thiazole rings is 1. The molecule has 136 valence electrons. The van der Waals surface area contributed by atoms with E-state index in [-0.39, 0.29) is 23.5 Å². The van der Waals surface area contributed by atoms with Crippen LogP contribution in [0.4, 0.5) is 18.3 Å². The second-order valence-corrected chi connectivity index (χ2v) is 6.28. The fourth-order valence-corrected chi connectivity index (χ4v) is 3.05. The van der Waals surface area contributed by atoms with E-state index in [1.807, 2.05) is 0 Å². The van der Waals surface area contributed by atoms with Crippen LogP contribution in [-0.2, 0) is 6.18 Å². The number of halogens is 3. The van der Waals surface area contributed by atoms with Crippen LogP contribution >= 0.6 is 11.3 Å². The lowest BCUT2D eigenvalue weighted by Crippen LogP contribution is -2.29. The molecule has 1 aromatic carbocycles. The highest BCUT2D eigenvalue weighted by Crippen LogP contribution is 2.33. The number of carbonyl (C=O) groups is 1.